The Balaban J connectivity index is 0.747. The van der Waals surface area contributed by atoms with Gasteiger partial charge in [0.1, 0.15) is 34.3 Å². The van der Waals surface area contributed by atoms with Crippen LogP contribution in [0.15, 0.2) is 47.1 Å². The third kappa shape index (κ3) is 9.29. The van der Waals surface area contributed by atoms with E-state index in [2.05, 4.69) is 52.5 Å². The van der Waals surface area contributed by atoms with Crippen molar-refractivity contribution in [2.45, 2.75) is 129 Å². The predicted molar refractivity (Wildman–Crippen MR) is 278 cm³/mol. The predicted octanol–water partition coefficient (Wildman–Crippen LogP) is 9.25. The molecule has 5 aromatic rings. The summed E-state index contributed by atoms with van der Waals surface area (Å²) >= 11 is 0. The van der Waals surface area contributed by atoms with Gasteiger partial charge in [0, 0.05) is 82.1 Å². The molecule has 3 aromatic heterocycles. The number of piperazine rings is 1. The van der Waals surface area contributed by atoms with Gasteiger partial charge in [-0.25, -0.2) is 14.2 Å². The number of ether oxygens (including phenoxy) is 1. The summed E-state index contributed by atoms with van der Waals surface area (Å²) in [6.07, 6.45) is 9.58. The summed E-state index contributed by atoms with van der Waals surface area (Å²) in [5, 5.41) is 17.5. The molecule has 0 saturated carbocycles. The molecule has 1 N–H and O–H groups in total. The maximum atomic E-state index is 17.4. The van der Waals surface area contributed by atoms with E-state index in [1.807, 2.05) is 54.8 Å². The van der Waals surface area contributed by atoms with E-state index in [4.69, 9.17) is 24.2 Å². The van der Waals surface area contributed by atoms with Crippen LogP contribution in [0.3, 0.4) is 0 Å². The highest BCUT2D eigenvalue weighted by molar-refractivity contribution is 6.02. The van der Waals surface area contributed by atoms with Crippen LogP contribution in [-0.4, -0.2) is 141 Å². The number of carbonyl (C=O) groups excluding carboxylic acids is 2. The molecule has 9 heterocycles. The quantitative estimate of drug-likeness (QED) is 0.127. The first-order valence-corrected chi connectivity index (χ1v) is 27.0. The molecule has 6 aliphatic rings. The molecule has 2 amide bonds. The molecule has 2 aromatic carbocycles. The minimum absolute atomic E-state index is 0.0478. The van der Waals surface area contributed by atoms with E-state index < -0.39 is 11.4 Å². The van der Waals surface area contributed by atoms with Gasteiger partial charge in [-0.1, -0.05) is 44.1 Å². The fourth-order valence-electron chi connectivity index (χ4n) is 13.0. The SMILES string of the molecule is CCc1cccc2cc(O)cc(-c3ncc4c(N5CC6CCC(C5)N6C(=O)OC(C)(C)C)nc(N5CC(CN6CCC(CC7CN(c8cc(C(C(=O)N9CCCC9C)C(C)C)on8)C7)CC6)C5)nc4c3F)c12. The molecule has 0 aliphatic carbocycles. The van der Waals surface area contributed by atoms with E-state index in [0.29, 0.717) is 59.3 Å². The monoisotopic (exact) mass is 985 g/mol. The first-order valence-electron chi connectivity index (χ1n) is 27.0. The number of pyridine rings is 1. The number of nitrogens with zero attached hydrogens (tertiary/aromatic N) is 10. The first-order chi connectivity index (χ1) is 34.6. The van der Waals surface area contributed by atoms with Crippen LogP contribution < -0.4 is 14.7 Å². The lowest BCUT2D eigenvalue weighted by Gasteiger charge is -2.45. The highest BCUT2D eigenvalue weighted by Gasteiger charge is 2.46. The van der Waals surface area contributed by atoms with Crippen LogP contribution in [0.2, 0.25) is 0 Å². The van der Waals surface area contributed by atoms with Crippen molar-refractivity contribution in [3.05, 3.63) is 59.7 Å². The Labute approximate surface area is 423 Å². The lowest BCUT2D eigenvalue weighted by molar-refractivity contribution is -0.134. The summed E-state index contributed by atoms with van der Waals surface area (Å²) in [6.45, 7) is 22.7. The second-order valence-corrected chi connectivity index (χ2v) is 23.4. The van der Waals surface area contributed by atoms with Crippen molar-refractivity contribution in [3.63, 3.8) is 0 Å². The van der Waals surface area contributed by atoms with Crippen LogP contribution in [0.1, 0.15) is 111 Å². The van der Waals surface area contributed by atoms with Crippen molar-refractivity contribution in [1.82, 2.24) is 34.8 Å². The van der Waals surface area contributed by atoms with E-state index in [1.54, 1.807) is 18.3 Å². The number of likely N-dealkylation sites (tertiary alicyclic amines) is 2. The average Bonchev–Trinajstić information content (AvgIpc) is 4.04. The normalized spacial score (nSPS) is 22.9. The van der Waals surface area contributed by atoms with E-state index in [9.17, 15) is 14.7 Å². The van der Waals surface area contributed by atoms with Gasteiger partial charge >= 0.3 is 6.09 Å². The Bertz CT molecular complexity index is 2820. The summed E-state index contributed by atoms with van der Waals surface area (Å²) in [5.74, 6) is 3.96. The van der Waals surface area contributed by atoms with Gasteiger partial charge < -0.3 is 38.9 Å². The standard InChI is InChI=1S/C56H73FN10O5/c1-8-38-12-9-13-39-22-42(68)23-43(48(38)39)50-49(57)51-44(25-58-50)52(64-31-40-14-15-41(32-64)67(40)55(70)71-56(5,6)7)60-54(59-51)65-29-37(30-65)26-62-19-16-35(17-20-62)21-36-27-63(28-36)46-24-45(72-61-46)47(33(2)3)53(69)66-18-10-11-34(66)4/h9,12-13,22-25,33-37,40-41,47,68H,8,10-11,14-21,26-32H2,1-7H3. The zero-order valence-corrected chi connectivity index (χ0v) is 43.3. The Morgan fingerprint density at radius 2 is 1.62 bits per heavy atom. The minimum atomic E-state index is -0.601. The smallest absolute Gasteiger partial charge is 0.410 e. The van der Waals surface area contributed by atoms with Crippen LogP contribution in [-0.2, 0) is 16.0 Å². The summed E-state index contributed by atoms with van der Waals surface area (Å²) in [5.41, 5.74) is 1.33. The van der Waals surface area contributed by atoms with E-state index in [0.717, 1.165) is 107 Å². The molecule has 15 nitrogen and oxygen atoms in total. The van der Waals surface area contributed by atoms with Crippen molar-refractivity contribution in [3.8, 4) is 17.0 Å². The number of carbonyl (C=O) groups is 2. The van der Waals surface area contributed by atoms with Crippen LogP contribution >= 0.6 is 0 Å². The van der Waals surface area contributed by atoms with Gasteiger partial charge in [0.2, 0.25) is 11.9 Å². The molecule has 4 atom stereocenters. The Hall–Kier alpha value is -5.77. The molecule has 6 fully saturated rings. The van der Waals surface area contributed by atoms with Gasteiger partial charge in [-0.05, 0) is 138 Å². The summed E-state index contributed by atoms with van der Waals surface area (Å²) in [4.78, 5) is 55.2. The minimum Gasteiger partial charge on any atom is -0.508 e. The highest BCUT2D eigenvalue weighted by Crippen LogP contribution is 2.42. The third-order valence-electron chi connectivity index (χ3n) is 16.7. The molecule has 4 unspecified atom stereocenters. The molecular formula is C56H73FN10O5. The van der Waals surface area contributed by atoms with Crippen molar-refractivity contribution >= 4 is 51.3 Å². The molecule has 384 valence electrons. The van der Waals surface area contributed by atoms with Crippen molar-refractivity contribution in [2.75, 3.05) is 80.1 Å². The second kappa shape index (κ2) is 19.3. The number of hydrogen-bond donors (Lipinski definition) is 1. The van der Waals surface area contributed by atoms with Crippen LogP contribution in [0.5, 0.6) is 5.75 Å². The molecule has 2 bridgehead atoms. The number of anilines is 3. The Kier molecular flexibility index (Phi) is 13.0. The number of phenolic OH excluding ortho intramolecular Hbond substituents is 1. The van der Waals surface area contributed by atoms with Gasteiger partial charge in [-0.3, -0.25) is 14.7 Å². The number of piperidine rings is 1. The fourth-order valence-corrected chi connectivity index (χ4v) is 13.0. The van der Waals surface area contributed by atoms with Gasteiger partial charge in [0.15, 0.2) is 17.4 Å². The molecule has 0 spiro atoms. The maximum absolute atomic E-state index is 17.4. The van der Waals surface area contributed by atoms with Gasteiger partial charge in [-0.15, -0.1) is 0 Å². The molecule has 72 heavy (non-hydrogen) atoms. The number of phenols is 1. The highest BCUT2D eigenvalue weighted by atomic mass is 19.1. The van der Waals surface area contributed by atoms with Gasteiger partial charge in [0.05, 0.1) is 17.5 Å². The van der Waals surface area contributed by atoms with Crippen molar-refractivity contribution < 1.29 is 28.3 Å². The summed E-state index contributed by atoms with van der Waals surface area (Å²) < 4.78 is 29.1. The number of aromatic hydroxyl groups is 1. The number of amides is 2. The molecule has 16 heteroatoms. The topological polar surface area (TPSA) is 148 Å². The number of benzene rings is 2. The largest absolute Gasteiger partial charge is 0.508 e. The number of hydrogen-bond acceptors (Lipinski definition) is 13. The number of fused-ring (bicyclic) bond motifs is 4. The zero-order chi connectivity index (χ0) is 50.2. The van der Waals surface area contributed by atoms with Gasteiger partial charge in [0.25, 0.3) is 0 Å². The average molecular weight is 985 g/mol. The molecular weight excluding hydrogens is 912 g/mol. The maximum Gasteiger partial charge on any atom is 0.410 e. The lowest BCUT2D eigenvalue weighted by Crippen LogP contribution is -2.57. The Morgan fingerprint density at radius 3 is 2.31 bits per heavy atom. The zero-order valence-electron chi connectivity index (χ0n) is 43.3. The number of rotatable bonds is 12. The molecule has 0 radical (unpaired) electrons. The molecule has 11 rings (SSSR count). The van der Waals surface area contributed by atoms with Crippen molar-refractivity contribution in [2.24, 2.45) is 23.7 Å². The van der Waals surface area contributed by atoms with E-state index in [-0.39, 0.29) is 58.9 Å². The lowest BCUT2D eigenvalue weighted by atomic mass is 9.83. The number of aryl methyl sites for hydroxylation is 1. The molecule has 6 aliphatic heterocycles. The summed E-state index contributed by atoms with van der Waals surface area (Å²) in [6, 6.07) is 11.4. The number of halogens is 1. The summed E-state index contributed by atoms with van der Waals surface area (Å²) in [7, 11) is 0. The number of aromatic nitrogens is 4. The van der Waals surface area contributed by atoms with E-state index in [1.165, 1.54) is 19.3 Å². The second-order valence-electron chi connectivity index (χ2n) is 23.4. The first kappa shape index (κ1) is 48.5. The van der Waals surface area contributed by atoms with Crippen LogP contribution in [0.25, 0.3) is 32.9 Å². The van der Waals surface area contributed by atoms with Crippen LogP contribution in [0, 0.1) is 29.5 Å². The van der Waals surface area contributed by atoms with Crippen molar-refractivity contribution in [1.29, 1.82) is 0 Å². The van der Waals surface area contributed by atoms with Crippen LogP contribution in [0.4, 0.5) is 26.8 Å². The van der Waals surface area contributed by atoms with E-state index >= 15 is 4.39 Å². The Morgan fingerprint density at radius 1 is 0.889 bits per heavy atom. The third-order valence-corrected chi connectivity index (χ3v) is 16.7. The molecule has 6 saturated heterocycles. The fraction of sp³-hybridized carbons (Fsp3) is 0.607. The van der Waals surface area contributed by atoms with Gasteiger partial charge in [-0.2, -0.15) is 4.98 Å².